The highest BCUT2D eigenvalue weighted by Crippen LogP contribution is 2.15. The fraction of sp³-hybridized carbons (Fsp3) is 0.800. The van der Waals surface area contributed by atoms with E-state index in [1.807, 2.05) is 0 Å². The van der Waals surface area contributed by atoms with Crippen molar-refractivity contribution in [2.24, 2.45) is 0 Å². The van der Waals surface area contributed by atoms with Crippen LogP contribution < -0.4 is 5.32 Å². The maximum atomic E-state index is 11.4. The maximum Gasteiger partial charge on any atom is 0.407 e. The first-order valence-electron chi connectivity index (χ1n) is 5.13. The minimum atomic E-state index is -1.07. The lowest BCUT2D eigenvalue weighted by Gasteiger charge is -2.22. The van der Waals surface area contributed by atoms with Crippen molar-refractivity contribution in [3.63, 3.8) is 0 Å². The van der Waals surface area contributed by atoms with Crippen molar-refractivity contribution in [1.82, 2.24) is 5.32 Å². The second-order valence-electron chi connectivity index (χ2n) is 4.67. The minimum absolute atomic E-state index is 0.331. The number of carbonyl (C=O) groups is 2. The van der Waals surface area contributed by atoms with Crippen LogP contribution in [0.4, 0.5) is 4.79 Å². The molecule has 16 heavy (non-hydrogen) atoms. The normalized spacial score (nSPS) is 25.2. The van der Waals surface area contributed by atoms with Crippen molar-refractivity contribution in [2.45, 2.75) is 44.9 Å². The molecule has 1 fully saturated rings. The highest BCUT2D eigenvalue weighted by atomic mass is 16.6. The maximum absolute atomic E-state index is 11.4. The molecule has 0 bridgehead atoms. The molecule has 0 aliphatic carbocycles. The Bertz CT molecular complexity index is 283. The third-order valence-electron chi connectivity index (χ3n) is 2.04. The first kappa shape index (κ1) is 12.8. The zero-order valence-corrected chi connectivity index (χ0v) is 9.65. The van der Waals surface area contributed by atoms with E-state index in [0.717, 1.165) is 0 Å². The Kier molecular flexibility index (Phi) is 3.74. The monoisotopic (exact) mass is 231 g/mol. The molecule has 0 aromatic heterocycles. The van der Waals surface area contributed by atoms with E-state index in [0.29, 0.717) is 13.0 Å². The summed E-state index contributed by atoms with van der Waals surface area (Å²) in [6.07, 6.45) is -1.11. The molecule has 0 saturated carbocycles. The summed E-state index contributed by atoms with van der Waals surface area (Å²) in [5, 5.41) is 11.3. The lowest BCUT2D eigenvalue weighted by atomic mass is 10.1. The van der Waals surface area contributed by atoms with Gasteiger partial charge in [-0.3, -0.25) is 0 Å². The van der Waals surface area contributed by atoms with Crippen LogP contribution in [0.15, 0.2) is 0 Å². The van der Waals surface area contributed by atoms with Crippen LogP contribution in [0.25, 0.3) is 0 Å². The van der Waals surface area contributed by atoms with Gasteiger partial charge in [0.1, 0.15) is 5.60 Å². The van der Waals surface area contributed by atoms with Gasteiger partial charge in [-0.15, -0.1) is 0 Å². The highest BCUT2D eigenvalue weighted by Gasteiger charge is 2.36. The summed E-state index contributed by atoms with van der Waals surface area (Å²) < 4.78 is 10.0. The van der Waals surface area contributed by atoms with E-state index in [4.69, 9.17) is 14.6 Å². The SMILES string of the molecule is CC(C)(C)OC(=O)N[C@@H]1CCO[C@H]1C(=O)O. The molecule has 2 atom stereocenters. The average molecular weight is 231 g/mol. The van der Waals surface area contributed by atoms with E-state index in [-0.39, 0.29) is 0 Å². The lowest BCUT2D eigenvalue weighted by molar-refractivity contribution is -0.148. The third kappa shape index (κ3) is 3.69. The lowest BCUT2D eigenvalue weighted by Crippen LogP contribution is -2.45. The van der Waals surface area contributed by atoms with Crippen molar-refractivity contribution >= 4 is 12.1 Å². The molecule has 0 aromatic rings. The van der Waals surface area contributed by atoms with Crippen molar-refractivity contribution in [3.05, 3.63) is 0 Å². The molecule has 1 aliphatic heterocycles. The van der Waals surface area contributed by atoms with Crippen LogP contribution in [0, 0.1) is 0 Å². The molecule has 1 heterocycles. The molecule has 6 nitrogen and oxygen atoms in total. The van der Waals surface area contributed by atoms with E-state index in [1.165, 1.54) is 0 Å². The first-order valence-corrected chi connectivity index (χ1v) is 5.13. The summed E-state index contributed by atoms with van der Waals surface area (Å²) >= 11 is 0. The number of carboxylic acid groups (broad SMARTS) is 1. The number of amides is 1. The molecule has 0 radical (unpaired) electrons. The van der Waals surface area contributed by atoms with Gasteiger partial charge in [-0.2, -0.15) is 0 Å². The summed E-state index contributed by atoms with van der Waals surface area (Å²) in [6.45, 7) is 5.56. The van der Waals surface area contributed by atoms with Crippen molar-refractivity contribution in [1.29, 1.82) is 0 Å². The summed E-state index contributed by atoms with van der Waals surface area (Å²) in [6, 6.07) is -0.521. The van der Waals surface area contributed by atoms with Crippen LogP contribution in [0.2, 0.25) is 0 Å². The second kappa shape index (κ2) is 4.69. The molecule has 1 rings (SSSR count). The minimum Gasteiger partial charge on any atom is -0.479 e. The quantitative estimate of drug-likeness (QED) is 0.732. The molecule has 2 N–H and O–H groups in total. The molecule has 0 unspecified atom stereocenters. The number of hydrogen-bond donors (Lipinski definition) is 2. The van der Waals surface area contributed by atoms with E-state index < -0.39 is 29.8 Å². The van der Waals surface area contributed by atoms with E-state index >= 15 is 0 Å². The second-order valence-corrected chi connectivity index (χ2v) is 4.67. The number of rotatable bonds is 2. The first-order chi connectivity index (χ1) is 7.29. The Morgan fingerprint density at radius 3 is 2.56 bits per heavy atom. The molecule has 0 spiro atoms. The van der Waals surface area contributed by atoms with Gasteiger partial charge in [0.25, 0.3) is 0 Å². The Morgan fingerprint density at radius 2 is 2.06 bits per heavy atom. The molecule has 92 valence electrons. The average Bonchev–Trinajstić information content (AvgIpc) is 2.47. The summed E-state index contributed by atoms with van der Waals surface area (Å²) in [4.78, 5) is 22.2. The van der Waals surface area contributed by atoms with Gasteiger partial charge >= 0.3 is 12.1 Å². The molecular weight excluding hydrogens is 214 g/mol. The summed E-state index contributed by atoms with van der Waals surface area (Å²) in [5.41, 5.74) is -0.595. The van der Waals surface area contributed by atoms with Gasteiger partial charge in [0.15, 0.2) is 6.10 Å². The Morgan fingerprint density at radius 1 is 1.44 bits per heavy atom. The van der Waals surface area contributed by atoms with E-state index in [1.54, 1.807) is 20.8 Å². The van der Waals surface area contributed by atoms with E-state index in [2.05, 4.69) is 5.32 Å². The number of alkyl carbamates (subject to hydrolysis) is 1. The number of hydrogen-bond acceptors (Lipinski definition) is 4. The molecular formula is C10H17NO5. The topological polar surface area (TPSA) is 84.9 Å². The fourth-order valence-corrected chi connectivity index (χ4v) is 1.44. The predicted molar refractivity (Wildman–Crippen MR) is 55.2 cm³/mol. The van der Waals surface area contributed by atoms with E-state index in [9.17, 15) is 9.59 Å². The largest absolute Gasteiger partial charge is 0.479 e. The Hall–Kier alpha value is -1.30. The van der Waals surface area contributed by atoms with Gasteiger partial charge < -0.3 is 19.9 Å². The Balaban J connectivity index is 2.47. The molecule has 1 aliphatic rings. The molecule has 1 saturated heterocycles. The summed E-state index contributed by atoms with van der Waals surface area (Å²) in [5.74, 6) is -1.07. The van der Waals surface area contributed by atoms with Crippen LogP contribution >= 0.6 is 0 Å². The van der Waals surface area contributed by atoms with Gasteiger partial charge in [0.05, 0.1) is 6.04 Å². The Labute approximate surface area is 93.9 Å². The fourth-order valence-electron chi connectivity index (χ4n) is 1.44. The van der Waals surface area contributed by atoms with Crippen LogP contribution in [0.3, 0.4) is 0 Å². The molecule has 1 amide bonds. The third-order valence-corrected chi connectivity index (χ3v) is 2.04. The van der Waals surface area contributed by atoms with Crippen molar-refractivity contribution in [3.8, 4) is 0 Å². The van der Waals surface area contributed by atoms with Crippen LogP contribution in [0.5, 0.6) is 0 Å². The number of ether oxygens (including phenoxy) is 2. The molecule has 6 heteroatoms. The zero-order chi connectivity index (χ0) is 12.3. The predicted octanol–water partition coefficient (Wildman–Crippen LogP) is 0.753. The summed E-state index contributed by atoms with van der Waals surface area (Å²) in [7, 11) is 0. The van der Waals surface area contributed by atoms with Crippen LogP contribution in [0.1, 0.15) is 27.2 Å². The van der Waals surface area contributed by atoms with Crippen LogP contribution in [-0.4, -0.2) is 41.5 Å². The van der Waals surface area contributed by atoms with Crippen molar-refractivity contribution in [2.75, 3.05) is 6.61 Å². The van der Waals surface area contributed by atoms with Gasteiger partial charge in [0.2, 0.25) is 0 Å². The standard InChI is InChI=1S/C10H17NO5/c1-10(2,3)16-9(14)11-6-4-5-15-7(6)8(12)13/h6-7H,4-5H2,1-3H3,(H,11,14)(H,12,13)/t6-,7-/m1/s1. The van der Waals surface area contributed by atoms with Gasteiger partial charge in [0, 0.05) is 6.61 Å². The van der Waals surface area contributed by atoms with Crippen LogP contribution in [-0.2, 0) is 14.3 Å². The number of carboxylic acids is 1. The van der Waals surface area contributed by atoms with Crippen molar-refractivity contribution < 1.29 is 24.2 Å². The number of carbonyl (C=O) groups excluding carboxylic acids is 1. The van der Waals surface area contributed by atoms with Gasteiger partial charge in [-0.1, -0.05) is 0 Å². The van der Waals surface area contributed by atoms with Gasteiger partial charge in [-0.05, 0) is 27.2 Å². The molecule has 0 aromatic carbocycles. The zero-order valence-electron chi connectivity index (χ0n) is 9.65. The highest BCUT2D eigenvalue weighted by molar-refractivity contribution is 5.76. The smallest absolute Gasteiger partial charge is 0.407 e. The van der Waals surface area contributed by atoms with Gasteiger partial charge in [-0.25, -0.2) is 9.59 Å². The number of aliphatic carboxylic acids is 1. The number of nitrogens with one attached hydrogen (secondary N) is 1.